The lowest BCUT2D eigenvalue weighted by Crippen LogP contribution is -2.19. The Kier molecular flexibility index (Phi) is 4.37. The summed E-state index contributed by atoms with van der Waals surface area (Å²) in [6.07, 6.45) is 0. The van der Waals surface area contributed by atoms with Gasteiger partial charge in [-0.05, 0) is 31.2 Å². The minimum Gasteiger partial charge on any atom is -0.497 e. The fourth-order valence-corrected chi connectivity index (χ4v) is 2.64. The maximum Gasteiger partial charge on any atom is 0.244 e. The minimum absolute atomic E-state index is 0.159. The molecule has 0 bridgehead atoms. The predicted molar refractivity (Wildman–Crippen MR) is 92.6 cm³/mol. The summed E-state index contributed by atoms with van der Waals surface area (Å²) in [6.45, 7) is 2.06. The first-order valence-electron chi connectivity index (χ1n) is 7.56. The van der Waals surface area contributed by atoms with Crippen molar-refractivity contribution in [2.24, 2.45) is 0 Å². The topological polar surface area (TPSA) is 65.4 Å². The molecule has 1 heterocycles. The van der Waals surface area contributed by atoms with E-state index in [0.717, 1.165) is 16.9 Å². The number of hydrogen-bond acceptors (Lipinski definition) is 4. The van der Waals surface area contributed by atoms with Crippen LogP contribution in [0.3, 0.4) is 0 Å². The molecule has 124 valence electrons. The molecule has 0 saturated heterocycles. The quantitative estimate of drug-likeness (QED) is 0.783. The Morgan fingerprint density at radius 2 is 1.96 bits per heavy atom. The Bertz CT molecular complexity index is 886. The average Bonchev–Trinajstić information content (AvgIpc) is 2.90. The number of fused-ring (bicyclic) bond motifs is 1. The summed E-state index contributed by atoms with van der Waals surface area (Å²) in [6, 6.07) is 13.0. The third kappa shape index (κ3) is 3.03. The number of carbonyl (C=O) groups excluding carboxylic acids is 1. The molecular weight excluding hydrogens is 306 g/mol. The summed E-state index contributed by atoms with van der Waals surface area (Å²) in [5.74, 6) is 1.86. The number of amides is 1. The minimum atomic E-state index is -0.159. The van der Waals surface area contributed by atoms with Gasteiger partial charge in [0.15, 0.2) is 0 Å². The van der Waals surface area contributed by atoms with Gasteiger partial charge in [-0.15, -0.1) is 0 Å². The van der Waals surface area contributed by atoms with E-state index in [4.69, 9.17) is 9.47 Å². The number of aryl methyl sites for hydroxylation is 1. The zero-order chi connectivity index (χ0) is 17.1. The highest BCUT2D eigenvalue weighted by molar-refractivity contribution is 5.93. The first kappa shape index (κ1) is 15.9. The smallest absolute Gasteiger partial charge is 0.244 e. The molecular formula is C18H19N3O3. The Hall–Kier alpha value is -3.02. The van der Waals surface area contributed by atoms with E-state index in [9.17, 15) is 4.79 Å². The lowest BCUT2D eigenvalue weighted by molar-refractivity contribution is -0.116. The number of para-hydroxylation sites is 2. The number of anilines is 1. The van der Waals surface area contributed by atoms with Gasteiger partial charge >= 0.3 is 0 Å². The summed E-state index contributed by atoms with van der Waals surface area (Å²) in [5.41, 5.74) is 2.38. The SMILES string of the molecule is COc1ccc(OC)c(NC(=O)Cn2c(C)nc3ccccc32)c1. The molecule has 0 unspecified atom stereocenters. The van der Waals surface area contributed by atoms with E-state index in [1.807, 2.05) is 35.8 Å². The molecule has 0 aliphatic rings. The van der Waals surface area contributed by atoms with Crippen LogP contribution in [0.2, 0.25) is 0 Å². The molecule has 0 radical (unpaired) electrons. The molecule has 2 aromatic carbocycles. The van der Waals surface area contributed by atoms with Crippen LogP contribution in [0.25, 0.3) is 11.0 Å². The van der Waals surface area contributed by atoms with Gasteiger partial charge in [-0.3, -0.25) is 4.79 Å². The van der Waals surface area contributed by atoms with Gasteiger partial charge in [0.05, 0.1) is 30.9 Å². The van der Waals surface area contributed by atoms with Crippen LogP contribution >= 0.6 is 0 Å². The third-order valence-corrected chi connectivity index (χ3v) is 3.83. The van der Waals surface area contributed by atoms with Crippen LogP contribution in [0.15, 0.2) is 42.5 Å². The number of carbonyl (C=O) groups is 1. The van der Waals surface area contributed by atoms with Crippen molar-refractivity contribution in [3.8, 4) is 11.5 Å². The first-order chi connectivity index (χ1) is 11.6. The number of hydrogen-bond donors (Lipinski definition) is 1. The lowest BCUT2D eigenvalue weighted by Gasteiger charge is -2.12. The highest BCUT2D eigenvalue weighted by Crippen LogP contribution is 2.29. The maximum absolute atomic E-state index is 12.5. The van der Waals surface area contributed by atoms with Crippen molar-refractivity contribution in [2.75, 3.05) is 19.5 Å². The molecule has 6 nitrogen and oxygen atoms in total. The summed E-state index contributed by atoms with van der Waals surface area (Å²) in [5, 5.41) is 2.87. The highest BCUT2D eigenvalue weighted by atomic mass is 16.5. The lowest BCUT2D eigenvalue weighted by atomic mass is 10.2. The van der Waals surface area contributed by atoms with Crippen LogP contribution < -0.4 is 14.8 Å². The number of benzene rings is 2. The molecule has 0 aliphatic heterocycles. The van der Waals surface area contributed by atoms with Gasteiger partial charge < -0.3 is 19.4 Å². The fourth-order valence-electron chi connectivity index (χ4n) is 2.64. The number of rotatable bonds is 5. The van der Waals surface area contributed by atoms with E-state index in [2.05, 4.69) is 10.3 Å². The molecule has 3 rings (SSSR count). The van der Waals surface area contributed by atoms with Gasteiger partial charge in [-0.2, -0.15) is 0 Å². The van der Waals surface area contributed by atoms with E-state index >= 15 is 0 Å². The molecule has 1 N–H and O–H groups in total. The zero-order valence-electron chi connectivity index (χ0n) is 13.9. The fraction of sp³-hybridized carbons (Fsp3) is 0.222. The van der Waals surface area contributed by atoms with Crippen molar-refractivity contribution in [2.45, 2.75) is 13.5 Å². The normalized spacial score (nSPS) is 10.6. The van der Waals surface area contributed by atoms with E-state index in [1.165, 1.54) is 0 Å². The molecule has 0 atom stereocenters. The van der Waals surface area contributed by atoms with Crippen molar-refractivity contribution in [3.63, 3.8) is 0 Å². The van der Waals surface area contributed by atoms with Crippen LogP contribution in [-0.4, -0.2) is 29.7 Å². The largest absolute Gasteiger partial charge is 0.497 e. The van der Waals surface area contributed by atoms with E-state index in [0.29, 0.717) is 17.2 Å². The van der Waals surface area contributed by atoms with Crippen molar-refractivity contribution in [3.05, 3.63) is 48.3 Å². The van der Waals surface area contributed by atoms with Gasteiger partial charge in [0, 0.05) is 6.07 Å². The zero-order valence-corrected chi connectivity index (χ0v) is 13.9. The average molecular weight is 325 g/mol. The maximum atomic E-state index is 12.5. The molecule has 1 aromatic heterocycles. The van der Waals surface area contributed by atoms with Crippen LogP contribution in [0, 0.1) is 6.92 Å². The van der Waals surface area contributed by atoms with E-state index in [1.54, 1.807) is 32.4 Å². The van der Waals surface area contributed by atoms with Crippen LogP contribution in [0.5, 0.6) is 11.5 Å². The number of nitrogens with zero attached hydrogens (tertiary/aromatic N) is 2. The molecule has 24 heavy (non-hydrogen) atoms. The molecule has 0 spiro atoms. The number of methoxy groups -OCH3 is 2. The van der Waals surface area contributed by atoms with Crippen molar-refractivity contribution in [1.82, 2.24) is 9.55 Å². The van der Waals surface area contributed by atoms with Crippen molar-refractivity contribution in [1.29, 1.82) is 0 Å². The first-order valence-corrected chi connectivity index (χ1v) is 7.56. The second-order valence-corrected chi connectivity index (χ2v) is 5.35. The van der Waals surface area contributed by atoms with Crippen LogP contribution in [-0.2, 0) is 11.3 Å². The van der Waals surface area contributed by atoms with Crippen molar-refractivity contribution < 1.29 is 14.3 Å². The third-order valence-electron chi connectivity index (χ3n) is 3.83. The summed E-state index contributed by atoms with van der Waals surface area (Å²) in [7, 11) is 3.14. The highest BCUT2D eigenvalue weighted by Gasteiger charge is 2.13. The second kappa shape index (κ2) is 6.62. The monoisotopic (exact) mass is 325 g/mol. The van der Waals surface area contributed by atoms with Gasteiger partial charge in [0.2, 0.25) is 5.91 Å². The Morgan fingerprint density at radius 1 is 1.17 bits per heavy atom. The van der Waals surface area contributed by atoms with E-state index in [-0.39, 0.29) is 12.5 Å². The Balaban J connectivity index is 1.84. The number of aromatic nitrogens is 2. The predicted octanol–water partition coefficient (Wildman–Crippen LogP) is 3.00. The summed E-state index contributed by atoms with van der Waals surface area (Å²) in [4.78, 5) is 17.0. The Morgan fingerprint density at radius 3 is 2.71 bits per heavy atom. The molecule has 6 heteroatoms. The van der Waals surface area contributed by atoms with Gasteiger partial charge in [-0.1, -0.05) is 12.1 Å². The second-order valence-electron chi connectivity index (χ2n) is 5.35. The van der Waals surface area contributed by atoms with Gasteiger partial charge in [0.25, 0.3) is 0 Å². The summed E-state index contributed by atoms with van der Waals surface area (Å²) < 4.78 is 12.4. The van der Waals surface area contributed by atoms with Crippen LogP contribution in [0.1, 0.15) is 5.82 Å². The Labute approximate surface area is 140 Å². The van der Waals surface area contributed by atoms with Gasteiger partial charge in [-0.25, -0.2) is 4.98 Å². The number of nitrogens with one attached hydrogen (secondary N) is 1. The standard InChI is InChI=1S/C18H19N3O3/c1-12-19-14-6-4-5-7-16(14)21(12)11-18(22)20-15-10-13(23-2)8-9-17(15)24-3/h4-10H,11H2,1-3H3,(H,20,22). The molecule has 0 fully saturated rings. The number of imidazole rings is 1. The molecule has 0 saturated carbocycles. The van der Waals surface area contributed by atoms with Gasteiger partial charge in [0.1, 0.15) is 23.9 Å². The van der Waals surface area contributed by atoms with Crippen LogP contribution in [0.4, 0.5) is 5.69 Å². The van der Waals surface area contributed by atoms with Crippen molar-refractivity contribution >= 4 is 22.6 Å². The summed E-state index contributed by atoms with van der Waals surface area (Å²) >= 11 is 0. The number of ether oxygens (including phenoxy) is 2. The molecule has 3 aromatic rings. The van der Waals surface area contributed by atoms with E-state index < -0.39 is 0 Å². The molecule has 1 amide bonds. The molecule has 0 aliphatic carbocycles.